The lowest BCUT2D eigenvalue weighted by Gasteiger charge is -2.25. The highest BCUT2D eigenvalue weighted by Gasteiger charge is 2.29. The number of fused-ring (bicyclic) bond motifs is 1. The lowest BCUT2D eigenvalue weighted by molar-refractivity contribution is -0.137. The van der Waals surface area contributed by atoms with E-state index in [1.165, 1.54) is 7.11 Å². The van der Waals surface area contributed by atoms with Crippen molar-refractivity contribution in [2.45, 2.75) is 12.5 Å². The molecular weight excluding hydrogens is 296 g/mol. The SMILES string of the molecule is COc1ccccc1NC(=O)C[C@H]1Nc2ccccc2OC1=O. The van der Waals surface area contributed by atoms with Crippen LogP contribution in [0.5, 0.6) is 11.5 Å². The van der Waals surface area contributed by atoms with E-state index in [2.05, 4.69) is 10.6 Å². The Bertz CT molecular complexity index is 745. The summed E-state index contributed by atoms with van der Waals surface area (Å²) in [5, 5.41) is 5.77. The van der Waals surface area contributed by atoms with E-state index >= 15 is 0 Å². The van der Waals surface area contributed by atoms with E-state index in [1.807, 2.05) is 12.1 Å². The predicted molar refractivity (Wildman–Crippen MR) is 85.7 cm³/mol. The zero-order valence-electron chi connectivity index (χ0n) is 12.5. The Kier molecular flexibility index (Phi) is 4.14. The molecule has 0 fully saturated rings. The van der Waals surface area contributed by atoms with Crippen LogP contribution in [0.2, 0.25) is 0 Å². The zero-order valence-corrected chi connectivity index (χ0v) is 12.5. The van der Waals surface area contributed by atoms with Gasteiger partial charge < -0.3 is 20.1 Å². The number of hydrogen-bond acceptors (Lipinski definition) is 5. The number of benzene rings is 2. The second kappa shape index (κ2) is 6.39. The third kappa shape index (κ3) is 3.26. The molecule has 0 radical (unpaired) electrons. The predicted octanol–water partition coefficient (Wildman–Crippen LogP) is 2.42. The van der Waals surface area contributed by atoms with Crippen LogP contribution in [-0.4, -0.2) is 25.0 Å². The first-order valence-corrected chi connectivity index (χ1v) is 7.17. The average molecular weight is 312 g/mol. The lowest BCUT2D eigenvalue weighted by atomic mass is 10.1. The van der Waals surface area contributed by atoms with Crippen LogP contribution in [-0.2, 0) is 9.59 Å². The maximum atomic E-state index is 12.2. The second-order valence-electron chi connectivity index (χ2n) is 5.07. The van der Waals surface area contributed by atoms with Crippen molar-refractivity contribution in [1.29, 1.82) is 0 Å². The van der Waals surface area contributed by atoms with Crippen LogP contribution in [0.4, 0.5) is 11.4 Å². The minimum Gasteiger partial charge on any atom is -0.495 e. The molecule has 1 atom stereocenters. The standard InChI is InChI=1S/C17H16N2O4/c1-22-14-8-4-2-6-11(14)19-16(20)10-13-17(21)23-15-9-5-3-7-12(15)18-13/h2-9,13,18H,10H2,1H3,(H,19,20)/t13-/m1/s1. The summed E-state index contributed by atoms with van der Waals surface area (Å²) in [6, 6.07) is 13.5. The molecule has 0 aliphatic carbocycles. The molecule has 6 nitrogen and oxygen atoms in total. The normalized spacial score (nSPS) is 15.9. The molecule has 0 bridgehead atoms. The molecular formula is C17H16N2O4. The minimum atomic E-state index is -0.723. The number of carbonyl (C=O) groups excluding carboxylic acids is 2. The number of methoxy groups -OCH3 is 1. The van der Waals surface area contributed by atoms with Gasteiger partial charge in [-0.05, 0) is 24.3 Å². The van der Waals surface area contributed by atoms with Gasteiger partial charge in [0.05, 0.1) is 24.9 Å². The summed E-state index contributed by atoms with van der Waals surface area (Å²) in [5.41, 5.74) is 1.26. The topological polar surface area (TPSA) is 76.7 Å². The van der Waals surface area contributed by atoms with Gasteiger partial charge >= 0.3 is 5.97 Å². The van der Waals surface area contributed by atoms with E-state index in [-0.39, 0.29) is 12.3 Å². The third-order valence-electron chi connectivity index (χ3n) is 3.48. The van der Waals surface area contributed by atoms with Crippen molar-refractivity contribution >= 4 is 23.3 Å². The number of rotatable bonds is 4. The molecule has 2 aromatic carbocycles. The van der Waals surface area contributed by atoms with Gasteiger partial charge in [0, 0.05) is 0 Å². The van der Waals surface area contributed by atoms with Gasteiger partial charge in [-0.1, -0.05) is 24.3 Å². The fourth-order valence-electron chi connectivity index (χ4n) is 2.37. The largest absolute Gasteiger partial charge is 0.495 e. The third-order valence-corrected chi connectivity index (χ3v) is 3.48. The van der Waals surface area contributed by atoms with Crippen LogP contribution < -0.4 is 20.1 Å². The van der Waals surface area contributed by atoms with E-state index < -0.39 is 12.0 Å². The van der Waals surface area contributed by atoms with E-state index in [9.17, 15) is 9.59 Å². The Labute approximate surface area is 133 Å². The van der Waals surface area contributed by atoms with Crippen molar-refractivity contribution in [2.24, 2.45) is 0 Å². The fraction of sp³-hybridized carbons (Fsp3) is 0.176. The summed E-state index contributed by atoms with van der Waals surface area (Å²) in [5.74, 6) is 0.256. The van der Waals surface area contributed by atoms with Crippen molar-refractivity contribution in [2.75, 3.05) is 17.7 Å². The Morgan fingerprint density at radius 2 is 1.96 bits per heavy atom. The summed E-state index contributed by atoms with van der Waals surface area (Å²) < 4.78 is 10.4. The van der Waals surface area contributed by atoms with E-state index in [0.717, 1.165) is 0 Å². The molecule has 6 heteroatoms. The quantitative estimate of drug-likeness (QED) is 0.670. The Morgan fingerprint density at radius 3 is 2.78 bits per heavy atom. The van der Waals surface area contributed by atoms with Gasteiger partial charge in [0.2, 0.25) is 5.91 Å². The van der Waals surface area contributed by atoms with Crippen LogP contribution in [0.15, 0.2) is 48.5 Å². The number of nitrogens with one attached hydrogen (secondary N) is 2. The van der Waals surface area contributed by atoms with Crippen molar-refractivity contribution in [1.82, 2.24) is 0 Å². The molecule has 1 heterocycles. The number of anilines is 2. The van der Waals surface area contributed by atoms with Crippen LogP contribution in [0.25, 0.3) is 0 Å². The molecule has 3 rings (SSSR count). The molecule has 0 saturated heterocycles. The van der Waals surface area contributed by atoms with Crippen LogP contribution in [0.3, 0.4) is 0 Å². The van der Waals surface area contributed by atoms with Gasteiger partial charge in [-0.25, -0.2) is 4.79 Å². The number of hydrogen-bond donors (Lipinski definition) is 2. The first kappa shape index (κ1) is 14.9. The van der Waals surface area contributed by atoms with Gasteiger partial charge in [0.25, 0.3) is 0 Å². The first-order chi connectivity index (χ1) is 11.2. The van der Waals surface area contributed by atoms with Gasteiger partial charge in [-0.15, -0.1) is 0 Å². The number of ether oxygens (including phenoxy) is 2. The average Bonchev–Trinajstić information content (AvgIpc) is 2.56. The van der Waals surface area contributed by atoms with Crippen molar-refractivity contribution in [3.8, 4) is 11.5 Å². The molecule has 2 N–H and O–H groups in total. The molecule has 1 aliphatic heterocycles. The summed E-state index contributed by atoms with van der Waals surface area (Å²) in [7, 11) is 1.53. The van der Waals surface area contributed by atoms with Crippen molar-refractivity contribution in [3.63, 3.8) is 0 Å². The summed E-state index contributed by atoms with van der Waals surface area (Å²) in [6.45, 7) is 0. The molecule has 1 amide bonds. The maximum Gasteiger partial charge on any atom is 0.334 e. The highest BCUT2D eigenvalue weighted by atomic mass is 16.5. The van der Waals surface area contributed by atoms with Crippen molar-refractivity contribution < 1.29 is 19.1 Å². The fourth-order valence-corrected chi connectivity index (χ4v) is 2.37. The molecule has 1 aliphatic rings. The zero-order chi connectivity index (χ0) is 16.2. The smallest absolute Gasteiger partial charge is 0.334 e. The molecule has 2 aromatic rings. The molecule has 23 heavy (non-hydrogen) atoms. The highest BCUT2D eigenvalue weighted by Crippen LogP contribution is 2.30. The second-order valence-corrected chi connectivity index (χ2v) is 5.07. The van der Waals surface area contributed by atoms with Crippen molar-refractivity contribution in [3.05, 3.63) is 48.5 Å². The van der Waals surface area contributed by atoms with E-state index in [1.54, 1.807) is 36.4 Å². The highest BCUT2D eigenvalue weighted by molar-refractivity contribution is 5.97. The monoisotopic (exact) mass is 312 g/mol. The Hall–Kier alpha value is -3.02. The minimum absolute atomic E-state index is 0.0365. The Balaban J connectivity index is 1.68. The summed E-state index contributed by atoms with van der Waals surface area (Å²) in [4.78, 5) is 24.2. The maximum absolute atomic E-state index is 12.2. The molecule has 0 saturated carbocycles. The molecule has 0 spiro atoms. The van der Waals surface area contributed by atoms with Crippen LogP contribution in [0, 0.1) is 0 Å². The molecule has 0 aromatic heterocycles. The lowest BCUT2D eigenvalue weighted by Crippen LogP contribution is -2.39. The number of amides is 1. The van der Waals surface area contributed by atoms with Crippen LogP contribution in [0.1, 0.15) is 6.42 Å². The van der Waals surface area contributed by atoms with Gasteiger partial charge in [0.15, 0.2) is 5.75 Å². The summed E-state index contributed by atoms with van der Waals surface area (Å²) in [6.07, 6.45) is -0.0365. The molecule has 0 unspecified atom stereocenters. The number of esters is 1. The van der Waals surface area contributed by atoms with E-state index in [4.69, 9.17) is 9.47 Å². The first-order valence-electron chi connectivity index (χ1n) is 7.17. The van der Waals surface area contributed by atoms with Gasteiger partial charge in [-0.2, -0.15) is 0 Å². The Morgan fingerprint density at radius 1 is 1.22 bits per heavy atom. The summed E-state index contributed by atoms with van der Waals surface area (Å²) >= 11 is 0. The van der Waals surface area contributed by atoms with Gasteiger partial charge in [0.1, 0.15) is 11.8 Å². The number of para-hydroxylation sites is 4. The number of carbonyl (C=O) groups is 2. The molecule has 118 valence electrons. The van der Waals surface area contributed by atoms with Gasteiger partial charge in [-0.3, -0.25) is 4.79 Å². The van der Waals surface area contributed by atoms with E-state index in [0.29, 0.717) is 22.9 Å². The van der Waals surface area contributed by atoms with Crippen LogP contribution >= 0.6 is 0 Å².